The molecule has 3 rings (SSSR count). The van der Waals surface area contributed by atoms with E-state index in [0.717, 1.165) is 13.1 Å². The number of aryl methyl sites for hydroxylation is 1. The Morgan fingerprint density at radius 2 is 1.77 bits per heavy atom. The summed E-state index contributed by atoms with van der Waals surface area (Å²) in [7, 11) is 0. The lowest BCUT2D eigenvalue weighted by Crippen LogP contribution is -2.49. The minimum atomic E-state index is -0.143. The molecular weight excluding hydrogens is 278 g/mol. The Bertz CT molecular complexity index is 680. The van der Waals surface area contributed by atoms with E-state index >= 15 is 0 Å². The molecule has 2 aromatic rings. The number of para-hydroxylation sites is 1. The molecule has 22 heavy (non-hydrogen) atoms. The molecule has 6 nitrogen and oxygen atoms in total. The lowest BCUT2D eigenvalue weighted by molar-refractivity contribution is 0.0741. The van der Waals surface area contributed by atoms with Crippen LogP contribution < -0.4 is 10.6 Å². The van der Waals surface area contributed by atoms with Crippen LogP contribution in [0.25, 0.3) is 0 Å². The molecule has 0 radical (unpaired) electrons. The van der Waals surface area contributed by atoms with E-state index in [1.54, 1.807) is 4.90 Å². The van der Waals surface area contributed by atoms with Gasteiger partial charge < -0.3 is 15.5 Å². The van der Waals surface area contributed by atoms with E-state index in [2.05, 4.69) is 33.9 Å². The Labute approximate surface area is 129 Å². The summed E-state index contributed by atoms with van der Waals surface area (Å²) >= 11 is 0. The average molecular weight is 297 g/mol. The molecule has 2 N–H and O–H groups in total. The summed E-state index contributed by atoms with van der Waals surface area (Å²) in [5.74, 6) is 0.0452. The van der Waals surface area contributed by atoms with E-state index in [4.69, 9.17) is 5.73 Å². The van der Waals surface area contributed by atoms with E-state index in [1.165, 1.54) is 23.6 Å². The summed E-state index contributed by atoms with van der Waals surface area (Å²) < 4.78 is 0. The fourth-order valence-electron chi connectivity index (χ4n) is 2.73. The first-order valence-electron chi connectivity index (χ1n) is 7.33. The monoisotopic (exact) mass is 297 g/mol. The van der Waals surface area contributed by atoms with Crippen LogP contribution in [0.5, 0.6) is 0 Å². The number of rotatable bonds is 2. The molecule has 0 spiro atoms. The van der Waals surface area contributed by atoms with Gasteiger partial charge in [0, 0.05) is 44.3 Å². The molecule has 2 heterocycles. The van der Waals surface area contributed by atoms with Crippen molar-refractivity contribution in [1.29, 1.82) is 0 Å². The fraction of sp³-hybridized carbons (Fsp3) is 0.312. The maximum absolute atomic E-state index is 12.5. The summed E-state index contributed by atoms with van der Waals surface area (Å²) in [5.41, 5.74) is 8.46. The molecular formula is C16H19N5O. The first-order chi connectivity index (χ1) is 10.7. The van der Waals surface area contributed by atoms with Crippen molar-refractivity contribution in [3.8, 4) is 0 Å². The highest BCUT2D eigenvalue weighted by Crippen LogP contribution is 2.21. The summed E-state index contributed by atoms with van der Waals surface area (Å²) in [6.45, 7) is 5.02. The van der Waals surface area contributed by atoms with Crippen molar-refractivity contribution in [2.75, 3.05) is 36.8 Å². The quantitative estimate of drug-likeness (QED) is 0.905. The molecule has 1 amide bonds. The van der Waals surface area contributed by atoms with Crippen LogP contribution >= 0.6 is 0 Å². The zero-order valence-electron chi connectivity index (χ0n) is 12.6. The Balaban J connectivity index is 1.68. The van der Waals surface area contributed by atoms with Crippen LogP contribution in [0.1, 0.15) is 16.1 Å². The van der Waals surface area contributed by atoms with Crippen LogP contribution in [-0.2, 0) is 0 Å². The van der Waals surface area contributed by atoms with Crippen LogP contribution in [0.4, 0.5) is 11.5 Å². The highest BCUT2D eigenvalue weighted by atomic mass is 16.2. The van der Waals surface area contributed by atoms with Gasteiger partial charge in [-0.25, -0.2) is 9.97 Å². The van der Waals surface area contributed by atoms with Gasteiger partial charge in [0.05, 0.1) is 0 Å². The molecule has 0 bridgehead atoms. The zero-order valence-corrected chi connectivity index (χ0v) is 12.6. The van der Waals surface area contributed by atoms with E-state index in [-0.39, 0.29) is 17.4 Å². The van der Waals surface area contributed by atoms with Gasteiger partial charge in [0.25, 0.3) is 5.91 Å². The molecule has 0 saturated carbocycles. The second kappa shape index (κ2) is 6.01. The van der Waals surface area contributed by atoms with Gasteiger partial charge in [-0.05, 0) is 18.6 Å². The molecule has 1 aromatic carbocycles. The number of nitrogen functional groups attached to an aromatic ring is 1. The summed E-state index contributed by atoms with van der Waals surface area (Å²) in [4.78, 5) is 24.5. The van der Waals surface area contributed by atoms with Gasteiger partial charge in [0.2, 0.25) is 0 Å². The number of carbonyl (C=O) groups is 1. The standard InChI is InChI=1S/C16H19N5O/c1-12-4-2-3-5-13(12)20-8-10-21(11-9-20)16(22)14-15(17)19-7-6-18-14/h2-7H,8-11H2,1H3,(H2,17,19). The molecule has 1 aromatic heterocycles. The summed E-state index contributed by atoms with van der Waals surface area (Å²) in [6, 6.07) is 8.30. The van der Waals surface area contributed by atoms with Gasteiger partial charge in [0.1, 0.15) is 0 Å². The van der Waals surface area contributed by atoms with Crippen LogP contribution in [0.15, 0.2) is 36.7 Å². The molecule has 1 fully saturated rings. The second-order valence-corrected chi connectivity index (χ2v) is 5.36. The summed E-state index contributed by atoms with van der Waals surface area (Å²) in [5, 5.41) is 0. The second-order valence-electron chi connectivity index (χ2n) is 5.36. The van der Waals surface area contributed by atoms with Crippen molar-refractivity contribution in [3.05, 3.63) is 47.9 Å². The number of hydrogen-bond acceptors (Lipinski definition) is 5. The third kappa shape index (κ3) is 2.72. The van der Waals surface area contributed by atoms with Gasteiger partial charge in [-0.15, -0.1) is 0 Å². The van der Waals surface area contributed by atoms with Gasteiger partial charge in [-0.3, -0.25) is 4.79 Å². The highest BCUT2D eigenvalue weighted by Gasteiger charge is 2.25. The van der Waals surface area contributed by atoms with E-state index in [1.807, 2.05) is 12.1 Å². The molecule has 1 aliphatic rings. The molecule has 0 unspecified atom stereocenters. The summed E-state index contributed by atoms with van der Waals surface area (Å²) in [6.07, 6.45) is 2.98. The topological polar surface area (TPSA) is 75.3 Å². The van der Waals surface area contributed by atoms with Crippen LogP contribution in [0, 0.1) is 6.92 Å². The Morgan fingerprint density at radius 3 is 2.45 bits per heavy atom. The molecule has 0 atom stereocenters. The zero-order chi connectivity index (χ0) is 15.5. The normalized spacial score (nSPS) is 15.0. The van der Waals surface area contributed by atoms with Crippen LogP contribution in [0.2, 0.25) is 0 Å². The number of nitrogens with two attached hydrogens (primary N) is 1. The van der Waals surface area contributed by atoms with Crippen molar-refractivity contribution >= 4 is 17.4 Å². The molecule has 6 heteroatoms. The number of benzene rings is 1. The van der Waals surface area contributed by atoms with E-state index in [0.29, 0.717) is 13.1 Å². The predicted octanol–water partition coefficient (Wildman–Crippen LogP) is 1.33. The first-order valence-corrected chi connectivity index (χ1v) is 7.33. The lowest BCUT2D eigenvalue weighted by atomic mass is 10.1. The van der Waals surface area contributed by atoms with Gasteiger partial charge >= 0.3 is 0 Å². The number of amides is 1. The molecule has 1 aliphatic heterocycles. The largest absolute Gasteiger partial charge is 0.382 e. The number of aromatic nitrogens is 2. The minimum absolute atomic E-state index is 0.143. The van der Waals surface area contributed by atoms with Gasteiger partial charge in [-0.2, -0.15) is 0 Å². The fourth-order valence-corrected chi connectivity index (χ4v) is 2.73. The van der Waals surface area contributed by atoms with Gasteiger partial charge in [-0.1, -0.05) is 18.2 Å². The van der Waals surface area contributed by atoms with Crippen molar-refractivity contribution in [2.45, 2.75) is 6.92 Å². The Morgan fingerprint density at radius 1 is 1.09 bits per heavy atom. The van der Waals surface area contributed by atoms with Crippen molar-refractivity contribution in [3.63, 3.8) is 0 Å². The maximum Gasteiger partial charge on any atom is 0.276 e. The third-order valence-electron chi connectivity index (χ3n) is 3.95. The minimum Gasteiger partial charge on any atom is -0.382 e. The number of carbonyl (C=O) groups excluding carboxylic acids is 1. The van der Waals surface area contributed by atoms with Crippen molar-refractivity contribution in [1.82, 2.24) is 14.9 Å². The number of hydrogen-bond donors (Lipinski definition) is 1. The van der Waals surface area contributed by atoms with Crippen LogP contribution in [-0.4, -0.2) is 47.0 Å². The Kier molecular flexibility index (Phi) is 3.91. The molecule has 0 aliphatic carbocycles. The number of anilines is 2. The SMILES string of the molecule is Cc1ccccc1N1CCN(C(=O)c2nccnc2N)CC1. The average Bonchev–Trinajstić information content (AvgIpc) is 2.55. The third-order valence-corrected chi connectivity index (χ3v) is 3.95. The maximum atomic E-state index is 12.5. The molecule has 1 saturated heterocycles. The molecule has 114 valence electrons. The highest BCUT2D eigenvalue weighted by molar-refractivity contribution is 5.96. The smallest absolute Gasteiger partial charge is 0.276 e. The van der Waals surface area contributed by atoms with Crippen molar-refractivity contribution in [2.24, 2.45) is 0 Å². The number of nitrogens with zero attached hydrogens (tertiary/aromatic N) is 4. The van der Waals surface area contributed by atoms with Crippen molar-refractivity contribution < 1.29 is 4.79 Å². The van der Waals surface area contributed by atoms with Crippen LogP contribution in [0.3, 0.4) is 0 Å². The van der Waals surface area contributed by atoms with E-state index in [9.17, 15) is 4.79 Å². The van der Waals surface area contributed by atoms with Gasteiger partial charge in [0.15, 0.2) is 11.5 Å². The van der Waals surface area contributed by atoms with E-state index < -0.39 is 0 Å². The lowest BCUT2D eigenvalue weighted by Gasteiger charge is -2.36. The Hall–Kier alpha value is -2.63. The first kappa shape index (κ1) is 14.3. The predicted molar refractivity (Wildman–Crippen MR) is 85.7 cm³/mol. The number of piperazine rings is 1.